The zero-order valence-corrected chi connectivity index (χ0v) is 14.1. The van der Waals surface area contributed by atoms with Gasteiger partial charge in [-0.3, -0.25) is 4.79 Å². The van der Waals surface area contributed by atoms with Gasteiger partial charge in [0, 0.05) is 38.6 Å². The maximum absolute atomic E-state index is 12.6. The van der Waals surface area contributed by atoms with Crippen molar-refractivity contribution in [1.82, 2.24) is 14.9 Å². The summed E-state index contributed by atoms with van der Waals surface area (Å²) < 4.78 is 5.77. The minimum atomic E-state index is -0.493. The van der Waals surface area contributed by atoms with Crippen LogP contribution >= 0.6 is 0 Å². The molecule has 0 spiro atoms. The van der Waals surface area contributed by atoms with E-state index in [1.165, 1.54) is 5.56 Å². The first-order chi connectivity index (χ1) is 11.6. The van der Waals surface area contributed by atoms with Crippen LogP contribution in [0, 0.1) is 6.92 Å². The summed E-state index contributed by atoms with van der Waals surface area (Å²) in [5.74, 6) is 1.45. The molecule has 2 aromatic rings. The van der Waals surface area contributed by atoms with Gasteiger partial charge in [0.2, 0.25) is 5.95 Å². The maximum Gasteiger partial charge on any atom is 0.263 e. The summed E-state index contributed by atoms with van der Waals surface area (Å²) in [6, 6.07) is 9.54. The van der Waals surface area contributed by atoms with Crippen LogP contribution < -0.4 is 9.64 Å². The molecule has 0 unspecified atom stereocenters. The molecule has 0 aliphatic carbocycles. The Labute approximate surface area is 142 Å². The second kappa shape index (κ2) is 7.29. The fourth-order valence-electron chi connectivity index (χ4n) is 2.71. The first-order valence-electron chi connectivity index (χ1n) is 8.17. The summed E-state index contributed by atoms with van der Waals surface area (Å²) in [6.07, 6.45) is 2.97. The highest BCUT2D eigenvalue weighted by Gasteiger charge is 2.26. The first-order valence-corrected chi connectivity index (χ1v) is 8.17. The van der Waals surface area contributed by atoms with Gasteiger partial charge in [0.25, 0.3) is 5.91 Å². The van der Waals surface area contributed by atoms with Crippen LogP contribution in [0.4, 0.5) is 5.95 Å². The highest BCUT2D eigenvalue weighted by Crippen LogP contribution is 2.15. The van der Waals surface area contributed by atoms with Gasteiger partial charge in [-0.05, 0) is 32.0 Å². The van der Waals surface area contributed by atoms with Gasteiger partial charge in [0.15, 0.2) is 6.10 Å². The molecule has 24 heavy (non-hydrogen) atoms. The molecule has 0 N–H and O–H groups in total. The average molecular weight is 326 g/mol. The van der Waals surface area contributed by atoms with Crippen molar-refractivity contribution in [3.05, 3.63) is 48.3 Å². The minimum absolute atomic E-state index is 0.0178. The highest BCUT2D eigenvalue weighted by molar-refractivity contribution is 5.81. The lowest BCUT2D eigenvalue weighted by molar-refractivity contribution is -0.138. The SMILES string of the molecule is Cc1ccc(O[C@@H](C)C(=O)N2CCN(c3ncccn3)CC2)cc1. The second-order valence-corrected chi connectivity index (χ2v) is 5.93. The Bertz CT molecular complexity index is 667. The van der Waals surface area contributed by atoms with Gasteiger partial charge < -0.3 is 14.5 Å². The topological polar surface area (TPSA) is 58.6 Å². The van der Waals surface area contributed by atoms with E-state index in [0.29, 0.717) is 19.0 Å². The van der Waals surface area contributed by atoms with E-state index in [-0.39, 0.29) is 5.91 Å². The monoisotopic (exact) mass is 326 g/mol. The fraction of sp³-hybridized carbons (Fsp3) is 0.389. The predicted molar refractivity (Wildman–Crippen MR) is 92.1 cm³/mol. The van der Waals surface area contributed by atoms with E-state index in [1.807, 2.05) is 36.1 Å². The lowest BCUT2D eigenvalue weighted by Gasteiger charge is -2.35. The number of hydrogen-bond acceptors (Lipinski definition) is 5. The number of nitrogens with zero attached hydrogens (tertiary/aromatic N) is 4. The Kier molecular flexibility index (Phi) is 4.93. The molecule has 0 radical (unpaired) electrons. The van der Waals surface area contributed by atoms with Crippen molar-refractivity contribution < 1.29 is 9.53 Å². The van der Waals surface area contributed by atoms with Gasteiger partial charge in [0.05, 0.1) is 0 Å². The lowest BCUT2D eigenvalue weighted by Crippen LogP contribution is -2.52. The number of ether oxygens (including phenoxy) is 1. The Hall–Kier alpha value is -2.63. The van der Waals surface area contributed by atoms with Crippen molar-refractivity contribution in [2.24, 2.45) is 0 Å². The van der Waals surface area contributed by atoms with Gasteiger partial charge in [-0.25, -0.2) is 9.97 Å². The smallest absolute Gasteiger partial charge is 0.263 e. The van der Waals surface area contributed by atoms with Crippen LogP contribution in [0.25, 0.3) is 0 Å². The van der Waals surface area contributed by atoms with Crippen molar-refractivity contribution in [3.63, 3.8) is 0 Å². The Balaban J connectivity index is 1.53. The molecule has 3 rings (SSSR count). The third kappa shape index (κ3) is 3.82. The Morgan fingerprint density at radius 3 is 2.33 bits per heavy atom. The zero-order valence-electron chi connectivity index (χ0n) is 14.1. The quantitative estimate of drug-likeness (QED) is 0.859. The van der Waals surface area contributed by atoms with Crippen molar-refractivity contribution in [2.45, 2.75) is 20.0 Å². The van der Waals surface area contributed by atoms with Crippen molar-refractivity contribution in [1.29, 1.82) is 0 Å². The molecule has 0 saturated carbocycles. The van der Waals surface area contributed by atoms with E-state index in [4.69, 9.17) is 4.74 Å². The van der Waals surface area contributed by atoms with Gasteiger partial charge in [-0.2, -0.15) is 0 Å². The molecular weight excluding hydrogens is 304 g/mol. The molecule has 1 fully saturated rings. The molecule has 1 aromatic carbocycles. The predicted octanol–water partition coefficient (Wildman–Crippen LogP) is 1.90. The summed E-state index contributed by atoms with van der Waals surface area (Å²) in [6.45, 7) is 6.58. The van der Waals surface area contributed by atoms with Gasteiger partial charge >= 0.3 is 0 Å². The molecule has 1 atom stereocenters. The summed E-state index contributed by atoms with van der Waals surface area (Å²) in [4.78, 5) is 25.0. The molecule has 1 aliphatic rings. The number of carbonyl (C=O) groups excluding carboxylic acids is 1. The molecule has 1 saturated heterocycles. The maximum atomic E-state index is 12.6. The number of amides is 1. The largest absolute Gasteiger partial charge is 0.481 e. The van der Waals surface area contributed by atoms with Crippen LogP contribution in [0.2, 0.25) is 0 Å². The summed E-state index contributed by atoms with van der Waals surface area (Å²) in [5.41, 5.74) is 1.17. The molecule has 2 heterocycles. The number of anilines is 1. The van der Waals surface area contributed by atoms with Crippen molar-refractivity contribution >= 4 is 11.9 Å². The fourth-order valence-corrected chi connectivity index (χ4v) is 2.71. The van der Waals surface area contributed by atoms with E-state index >= 15 is 0 Å². The second-order valence-electron chi connectivity index (χ2n) is 5.93. The van der Waals surface area contributed by atoms with Crippen molar-refractivity contribution in [2.75, 3.05) is 31.1 Å². The number of hydrogen-bond donors (Lipinski definition) is 0. The number of rotatable bonds is 4. The zero-order chi connectivity index (χ0) is 16.9. The molecule has 1 aliphatic heterocycles. The average Bonchev–Trinajstić information content (AvgIpc) is 2.64. The number of carbonyl (C=O) groups is 1. The third-order valence-corrected chi connectivity index (χ3v) is 4.11. The van der Waals surface area contributed by atoms with Crippen molar-refractivity contribution in [3.8, 4) is 5.75 Å². The van der Waals surface area contributed by atoms with Crippen LogP contribution in [0.5, 0.6) is 5.75 Å². The number of piperazine rings is 1. The standard InChI is InChI=1S/C18H22N4O2/c1-14-4-6-16(7-5-14)24-15(2)17(23)21-10-12-22(13-11-21)18-19-8-3-9-20-18/h3-9,15H,10-13H2,1-2H3/t15-/m0/s1. The number of benzene rings is 1. The van der Waals surface area contributed by atoms with Gasteiger partial charge in [-0.1, -0.05) is 17.7 Å². The van der Waals surface area contributed by atoms with Crippen LogP contribution in [-0.4, -0.2) is 53.1 Å². The first kappa shape index (κ1) is 16.2. The number of aryl methyl sites for hydroxylation is 1. The van der Waals surface area contributed by atoms with Crippen LogP contribution in [0.3, 0.4) is 0 Å². The summed E-state index contributed by atoms with van der Waals surface area (Å²) >= 11 is 0. The number of aromatic nitrogens is 2. The van der Waals surface area contributed by atoms with Crippen LogP contribution in [0.15, 0.2) is 42.7 Å². The molecule has 6 nitrogen and oxygen atoms in total. The summed E-state index contributed by atoms with van der Waals surface area (Å²) in [7, 11) is 0. The van der Waals surface area contributed by atoms with E-state index in [2.05, 4.69) is 14.9 Å². The Morgan fingerprint density at radius 1 is 1.08 bits per heavy atom. The lowest BCUT2D eigenvalue weighted by atomic mass is 10.2. The van der Waals surface area contributed by atoms with Gasteiger partial charge in [-0.15, -0.1) is 0 Å². The molecule has 1 aromatic heterocycles. The minimum Gasteiger partial charge on any atom is -0.481 e. The Morgan fingerprint density at radius 2 is 1.71 bits per heavy atom. The van der Waals surface area contributed by atoms with E-state index in [9.17, 15) is 4.79 Å². The molecule has 126 valence electrons. The summed E-state index contributed by atoms with van der Waals surface area (Å²) in [5, 5.41) is 0. The molecule has 6 heteroatoms. The van der Waals surface area contributed by atoms with Crippen LogP contribution in [-0.2, 0) is 4.79 Å². The van der Waals surface area contributed by atoms with E-state index in [0.717, 1.165) is 18.8 Å². The van der Waals surface area contributed by atoms with E-state index in [1.54, 1.807) is 25.4 Å². The molecule has 0 bridgehead atoms. The normalized spacial score (nSPS) is 15.9. The highest BCUT2D eigenvalue weighted by atomic mass is 16.5. The van der Waals surface area contributed by atoms with Crippen LogP contribution in [0.1, 0.15) is 12.5 Å². The molecule has 1 amide bonds. The van der Waals surface area contributed by atoms with Gasteiger partial charge in [0.1, 0.15) is 5.75 Å². The van der Waals surface area contributed by atoms with E-state index < -0.39 is 6.10 Å². The molecular formula is C18H22N4O2. The third-order valence-electron chi connectivity index (χ3n) is 4.11.